The number of carbonyl (C=O) groups excluding carboxylic acids is 1. The SMILES string of the molecule is CCCCC/C=C\CCCCCCCC(=O)OC(COCCCCCCCCCCCCCCCCCC)COP(=O)(O)OCC(O)CO. The smallest absolute Gasteiger partial charge is 0.457 e. The minimum Gasteiger partial charge on any atom is -0.457 e. The van der Waals surface area contributed by atoms with E-state index in [2.05, 4.69) is 26.0 Å². The van der Waals surface area contributed by atoms with Gasteiger partial charge in [0.15, 0.2) is 0 Å². The van der Waals surface area contributed by atoms with Gasteiger partial charge in [-0.3, -0.25) is 13.8 Å². The summed E-state index contributed by atoms with van der Waals surface area (Å²) in [6.07, 6.45) is 34.5. The van der Waals surface area contributed by atoms with Crippen LogP contribution in [-0.2, 0) is 27.9 Å². The lowest BCUT2D eigenvalue weighted by atomic mass is 10.0. The van der Waals surface area contributed by atoms with E-state index in [1.807, 2.05) is 0 Å². The van der Waals surface area contributed by atoms with Crippen LogP contribution in [0.2, 0.25) is 0 Å². The average Bonchev–Trinajstić information content (AvgIpc) is 3.09. The molecule has 0 radical (unpaired) electrons. The molecule has 0 aliphatic carbocycles. The van der Waals surface area contributed by atoms with E-state index in [9.17, 15) is 19.4 Å². The van der Waals surface area contributed by atoms with Crippen LogP contribution in [0, 0.1) is 0 Å². The predicted octanol–water partition coefficient (Wildman–Crippen LogP) is 10.5. The fourth-order valence-corrected chi connectivity index (χ4v) is 6.37. The molecule has 0 fully saturated rings. The van der Waals surface area contributed by atoms with Gasteiger partial charge in [-0.2, -0.15) is 0 Å². The van der Waals surface area contributed by atoms with Crippen LogP contribution in [0.15, 0.2) is 12.2 Å². The van der Waals surface area contributed by atoms with Crippen molar-refractivity contribution in [1.82, 2.24) is 0 Å². The van der Waals surface area contributed by atoms with Gasteiger partial charge >= 0.3 is 13.8 Å². The average molecular weight is 721 g/mol. The van der Waals surface area contributed by atoms with Crippen LogP contribution in [0.4, 0.5) is 0 Å². The fourth-order valence-electron chi connectivity index (χ4n) is 5.59. The van der Waals surface area contributed by atoms with Crippen LogP contribution >= 0.6 is 7.82 Å². The molecular formula is C39H77O9P. The molecule has 292 valence electrons. The molecule has 0 amide bonds. The first-order chi connectivity index (χ1) is 23.8. The third kappa shape index (κ3) is 36.8. The van der Waals surface area contributed by atoms with E-state index >= 15 is 0 Å². The van der Waals surface area contributed by atoms with Gasteiger partial charge in [0.05, 0.1) is 26.4 Å². The number of esters is 1. The van der Waals surface area contributed by atoms with Crippen molar-refractivity contribution in [1.29, 1.82) is 0 Å². The Hall–Kier alpha value is -0.800. The van der Waals surface area contributed by atoms with Gasteiger partial charge < -0.3 is 24.6 Å². The number of unbranched alkanes of at least 4 members (excludes halogenated alkanes) is 23. The second-order valence-electron chi connectivity index (χ2n) is 13.7. The highest BCUT2D eigenvalue weighted by Crippen LogP contribution is 2.43. The lowest BCUT2D eigenvalue weighted by Gasteiger charge is -2.20. The number of carbonyl (C=O) groups is 1. The quantitative estimate of drug-likeness (QED) is 0.0246. The summed E-state index contributed by atoms with van der Waals surface area (Å²) in [5.74, 6) is -0.390. The van der Waals surface area contributed by atoms with Crippen LogP contribution in [0.3, 0.4) is 0 Å². The number of hydrogen-bond acceptors (Lipinski definition) is 8. The Morgan fingerprint density at radius 1 is 0.612 bits per heavy atom. The summed E-state index contributed by atoms with van der Waals surface area (Å²) in [4.78, 5) is 22.5. The highest BCUT2D eigenvalue weighted by atomic mass is 31.2. The lowest BCUT2D eigenvalue weighted by Crippen LogP contribution is -2.29. The van der Waals surface area contributed by atoms with Crippen LogP contribution in [0.1, 0.15) is 187 Å². The fraction of sp³-hybridized carbons (Fsp3) is 0.923. The zero-order chi connectivity index (χ0) is 36.1. The second-order valence-corrected chi connectivity index (χ2v) is 15.1. The molecule has 0 saturated heterocycles. The third-order valence-corrected chi connectivity index (χ3v) is 9.65. The van der Waals surface area contributed by atoms with Gasteiger partial charge in [0.2, 0.25) is 0 Å². The molecule has 0 aliphatic rings. The zero-order valence-electron chi connectivity index (χ0n) is 31.7. The number of phosphoric ester groups is 1. The zero-order valence-corrected chi connectivity index (χ0v) is 32.6. The summed E-state index contributed by atoms with van der Waals surface area (Å²) in [5, 5.41) is 18.3. The molecule has 9 nitrogen and oxygen atoms in total. The largest absolute Gasteiger partial charge is 0.472 e. The van der Waals surface area contributed by atoms with Gasteiger partial charge in [-0.1, -0.05) is 154 Å². The topological polar surface area (TPSA) is 132 Å². The van der Waals surface area contributed by atoms with Gasteiger partial charge in [-0.25, -0.2) is 4.57 Å². The van der Waals surface area contributed by atoms with Crippen molar-refractivity contribution in [3.05, 3.63) is 12.2 Å². The Bertz CT molecular complexity index is 780. The highest BCUT2D eigenvalue weighted by molar-refractivity contribution is 7.47. The Kier molecular flexibility index (Phi) is 36.4. The minimum atomic E-state index is -4.51. The summed E-state index contributed by atoms with van der Waals surface area (Å²) in [7, 11) is -4.51. The molecule has 0 aromatic heterocycles. The molecule has 3 unspecified atom stereocenters. The summed E-state index contributed by atoms with van der Waals surface area (Å²) in [6.45, 7) is 3.51. The molecule has 0 heterocycles. The number of rotatable bonds is 39. The van der Waals surface area contributed by atoms with Crippen molar-refractivity contribution in [2.45, 2.75) is 199 Å². The van der Waals surface area contributed by atoms with Crippen molar-refractivity contribution in [3.8, 4) is 0 Å². The molecule has 3 atom stereocenters. The Morgan fingerprint density at radius 2 is 1.04 bits per heavy atom. The van der Waals surface area contributed by atoms with Crippen LogP contribution in [0.5, 0.6) is 0 Å². The normalized spacial score (nSPS) is 14.3. The highest BCUT2D eigenvalue weighted by Gasteiger charge is 2.26. The van der Waals surface area contributed by atoms with Gasteiger partial charge in [0.25, 0.3) is 0 Å². The van der Waals surface area contributed by atoms with Crippen molar-refractivity contribution in [2.24, 2.45) is 0 Å². The van der Waals surface area contributed by atoms with E-state index < -0.39 is 33.2 Å². The number of phosphoric acid groups is 1. The first-order valence-corrected chi connectivity index (χ1v) is 21.7. The standard InChI is InChI=1S/C39H77O9P/c1-3-5-7-9-11-13-15-17-18-19-20-22-24-26-28-30-32-45-35-38(36-47-49(43,44)46-34-37(41)33-40)48-39(42)31-29-27-25-23-21-16-14-12-10-8-6-4-2/h12,14,37-38,40-41H,3-11,13,15-36H2,1-2H3,(H,43,44)/b14-12-. The van der Waals surface area contributed by atoms with Gasteiger partial charge in [-0.05, 0) is 38.5 Å². The van der Waals surface area contributed by atoms with E-state index in [1.54, 1.807) is 0 Å². The molecule has 0 aliphatic heterocycles. The van der Waals surface area contributed by atoms with E-state index in [4.69, 9.17) is 23.6 Å². The second kappa shape index (κ2) is 37.0. The lowest BCUT2D eigenvalue weighted by molar-refractivity contribution is -0.154. The summed E-state index contributed by atoms with van der Waals surface area (Å²) in [6, 6.07) is 0. The third-order valence-electron chi connectivity index (χ3n) is 8.70. The molecule has 10 heteroatoms. The predicted molar refractivity (Wildman–Crippen MR) is 201 cm³/mol. The van der Waals surface area contributed by atoms with Crippen LogP contribution in [0.25, 0.3) is 0 Å². The first kappa shape index (κ1) is 48.2. The molecule has 0 saturated carbocycles. The number of hydrogen-bond donors (Lipinski definition) is 3. The van der Waals surface area contributed by atoms with E-state index in [0.717, 1.165) is 51.4 Å². The summed E-state index contributed by atoms with van der Waals surface area (Å²) >= 11 is 0. The van der Waals surface area contributed by atoms with Gasteiger partial charge in [0, 0.05) is 13.0 Å². The number of aliphatic hydroxyl groups is 2. The Balaban J connectivity index is 4.17. The van der Waals surface area contributed by atoms with Crippen LogP contribution < -0.4 is 0 Å². The van der Waals surface area contributed by atoms with Gasteiger partial charge in [0.1, 0.15) is 12.2 Å². The van der Waals surface area contributed by atoms with Crippen molar-refractivity contribution >= 4 is 13.8 Å². The Morgan fingerprint density at radius 3 is 1.57 bits per heavy atom. The summed E-state index contributed by atoms with van der Waals surface area (Å²) < 4.78 is 33.3. The first-order valence-electron chi connectivity index (χ1n) is 20.2. The van der Waals surface area contributed by atoms with E-state index in [-0.39, 0.29) is 25.6 Å². The molecule has 0 bridgehead atoms. The minimum absolute atomic E-state index is 0.0513. The maximum atomic E-state index is 12.5. The van der Waals surface area contributed by atoms with E-state index in [0.29, 0.717) is 6.61 Å². The van der Waals surface area contributed by atoms with Gasteiger partial charge in [-0.15, -0.1) is 0 Å². The van der Waals surface area contributed by atoms with E-state index in [1.165, 1.54) is 116 Å². The number of allylic oxidation sites excluding steroid dienone is 2. The molecule has 49 heavy (non-hydrogen) atoms. The molecule has 3 N–H and O–H groups in total. The maximum Gasteiger partial charge on any atom is 0.472 e. The number of ether oxygens (including phenoxy) is 2. The molecule has 0 rings (SSSR count). The molecule has 0 aromatic rings. The van der Waals surface area contributed by atoms with Crippen molar-refractivity contribution in [3.63, 3.8) is 0 Å². The number of aliphatic hydroxyl groups excluding tert-OH is 2. The molecule has 0 spiro atoms. The molecular weight excluding hydrogens is 643 g/mol. The molecule has 0 aromatic carbocycles. The summed E-state index contributed by atoms with van der Waals surface area (Å²) in [5.41, 5.74) is 0. The monoisotopic (exact) mass is 721 g/mol. The van der Waals surface area contributed by atoms with Crippen molar-refractivity contribution < 1.29 is 43.0 Å². The Labute approximate surface area is 300 Å². The van der Waals surface area contributed by atoms with Crippen molar-refractivity contribution in [2.75, 3.05) is 33.0 Å². The van der Waals surface area contributed by atoms with Crippen LogP contribution in [-0.4, -0.2) is 66.3 Å². The maximum absolute atomic E-state index is 12.5.